The Morgan fingerprint density at radius 2 is 2.11 bits per heavy atom. The van der Waals surface area contributed by atoms with Crippen molar-refractivity contribution in [3.05, 3.63) is 24.0 Å². The van der Waals surface area contributed by atoms with E-state index in [0.717, 1.165) is 30.7 Å². The molecule has 0 amide bonds. The van der Waals surface area contributed by atoms with Crippen LogP contribution in [0.3, 0.4) is 0 Å². The molecule has 1 fully saturated rings. The fourth-order valence-corrected chi connectivity index (χ4v) is 2.06. The first-order chi connectivity index (χ1) is 8.81. The average molecular weight is 247 g/mol. The van der Waals surface area contributed by atoms with Crippen molar-refractivity contribution in [2.24, 2.45) is 5.92 Å². The van der Waals surface area contributed by atoms with Crippen molar-refractivity contribution >= 4 is 5.69 Å². The van der Waals surface area contributed by atoms with Crippen LogP contribution in [0.1, 0.15) is 45.2 Å². The molecule has 1 heterocycles. The van der Waals surface area contributed by atoms with Crippen LogP contribution in [0.2, 0.25) is 0 Å². The van der Waals surface area contributed by atoms with Crippen LogP contribution >= 0.6 is 0 Å². The molecule has 18 heavy (non-hydrogen) atoms. The van der Waals surface area contributed by atoms with Gasteiger partial charge in [0.25, 0.3) is 0 Å². The minimum Gasteiger partial charge on any atom is -0.385 e. The maximum atomic E-state index is 4.40. The number of nitrogens with one attached hydrogen (secondary N) is 2. The summed E-state index contributed by atoms with van der Waals surface area (Å²) in [7, 11) is 0. The van der Waals surface area contributed by atoms with Crippen LogP contribution in [-0.2, 0) is 6.54 Å². The summed E-state index contributed by atoms with van der Waals surface area (Å²) >= 11 is 0. The Kier molecular flexibility index (Phi) is 5.00. The quantitative estimate of drug-likeness (QED) is 0.741. The standard InChI is InChI=1S/C15H25N3/c1-3-12(4-2)10-17-14-7-8-16-15(9-14)11-18-13-5-6-13/h7-9,12-13,18H,3-6,10-11H2,1-2H3,(H,16,17). The van der Waals surface area contributed by atoms with E-state index in [9.17, 15) is 0 Å². The molecule has 0 spiro atoms. The largest absolute Gasteiger partial charge is 0.385 e. The SMILES string of the molecule is CCC(CC)CNc1ccnc(CNC2CC2)c1. The van der Waals surface area contributed by atoms with E-state index in [1.807, 2.05) is 6.20 Å². The van der Waals surface area contributed by atoms with Crippen molar-refractivity contribution in [3.63, 3.8) is 0 Å². The van der Waals surface area contributed by atoms with Crippen LogP contribution in [0.5, 0.6) is 0 Å². The zero-order chi connectivity index (χ0) is 12.8. The van der Waals surface area contributed by atoms with E-state index in [2.05, 4.69) is 41.6 Å². The lowest BCUT2D eigenvalue weighted by molar-refractivity contribution is 0.519. The van der Waals surface area contributed by atoms with Gasteiger partial charge >= 0.3 is 0 Å². The lowest BCUT2D eigenvalue weighted by Crippen LogP contribution is -2.17. The molecule has 1 aromatic rings. The molecule has 0 radical (unpaired) electrons. The van der Waals surface area contributed by atoms with Gasteiger partial charge in [-0.05, 0) is 30.9 Å². The number of aromatic nitrogens is 1. The van der Waals surface area contributed by atoms with Crippen LogP contribution in [0.15, 0.2) is 18.3 Å². The molecule has 1 saturated carbocycles. The lowest BCUT2D eigenvalue weighted by atomic mass is 10.0. The molecule has 0 aromatic carbocycles. The van der Waals surface area contributed by atoms with Crippen LogP contribution in [0.4, 0.5) is 5.69 Å². The number of pyridine rings is 1. The summed E-state index contributed by atoms with van der Waals surface area (Å²) in [4.78, 5) is 4.40. The first-order valence-corrected chi connectivity index (χ1v) is 7.24. The van der Waals surface area contributed by atoms with Crippen LogP contribution in [-0.4, -0.2) is 17.6 Å². The molecule has 0 aliphatic heterocycles. The van der Waals surface area contributed by atoms with Crippen LogP contribution in [0.25, 0.3) is 0 Å². The van der Waals surface area contributed by atoms with Gasteiger partial charge in [0.05, 0.1) is 5.69 Å². The maximum Gasteiger partial charge on any atom is 0.0562 e. The summed E-state index contributed by atoms with van der Waals surface area (Å²) in [5.41, 5.74) is 2.33. The minimum atomic E-state index is 0.743. The van der Waals surface area contributed by atoms with Gasteiger partial charge in [-0.15, -0.1) is 0 Å². The van der Waals surface area contributed by atoms with Crippen LogP contribution in [0, 0.1) is 5.92 Å². The van der Waals surface area contributed by atoms with Gasteiger partial charge in [0.2, 0.25) is 0 Å². The van der Waals surface area contributed by atoms with Crippen molar-refractivity contribution < 1.29 is 0 Å². The Bertz CT molecular complexity index is 357. The van der Waals surface area contributed by atoms with Gasteiger partial charge in [-0.2, -0.15) is 0 Å². The highest BCUT2D eigenvalue weighted by Gasteiger charge is 2.20. The molecular formula is C15H25N3. The van der Waals surface area contributed by atoms with Crippen molar-refractivity contribution in [1.29, 1.82) is 0 Å². The number of hydrogen-bond donors (Lipinski definition) is 2. The first-order valence-electron chi connectivity index (χ1n) is 7.24. The zero-order valence-electron chi connectivity index (χ0n) is 11.6. The molecule has 3 nitrogen and oxygen atoms in total. The van der Waals surface area contributed by atoms with Crippen molar-refractivity contribution in [2.45, 2.75) is 52.1 Å². The molecule has 2 rings (SSSR count). The van der Waals surface area contributed by atoms with E-state index in [-0.39, 0.29) is 0 Å². The molecule has 2 N–H and O–H groups in total. The van der Waals surface area contributed by atoms with Gasteiger partial charge < -0.3 is 10.6 Å². The predicted molar refractivity (Wildman–Crippen MR) is 76.7 cm³/mol. The molecule has 0 unspecified atom stereocenters. The van der Waals surface area contributed by atoms with Gasteiger partial charge in [-0.25, -0.2) is 0 Å². The Balaban J connectivity index is 1.81. The second-order valence-corrected chi connectivity index (χ2v) is 5.25. The summed E-state index contributed by atoms with van der Waals surface area (Å²) in [6, 6.07) is 4.97. The fraction of sp³-hybridized carbons (Fsp3) is 0.667. The average Bonchev–Trinajstić information content (AvgIpc) is 3.22. The van der Waals surface area contributed by atoms with Crippen molar-refractivity contribution in [3.8, 4) is 0 Å². The fourth-order valence-electron chi connectivity index (χ4n) is 2.06. The van der Waals surface area contributed by atoms with E-state index >= 15 is 0 Å². The van der Waals surface area contributed by atoms with E-state index in [0.29, 0.717) is 0 Å². The number of anilines is 1. The summed E-state index contributed by atoms with van der Waals surface area (Å²) in [6.07, 6.45) is 7.04. The summed E-state index contributed by atoms with van der Waals surface area (Å²) < 4.78 is 0. The molecule has 1 aliphatic rings. The highest BCUT2D eigenvalue weighted by molar-refractivity contribution is 5.43. The Labute approximate surface area is 110 Å². The molecule has 0 bridgehead atoms. The third-order valence-corrected chi connectivity index (χ3v) is 3.72. The Morgan fingerprint density at radius 1 is 1.33 bits per heavy atom. The minimum absolute atomic E-state index is 0.743. The number of rotatable bonds is 8. The predicted octanol–water partition coefficient (Wildman–Crippen LogP) is 3.18. The highest BCUT2D eigenvalue weighted by atomic mass is 15.0. The zero-order valence-corrected chi connectivity index (χ0v) is 11.6. The Hall–Kier alpha value is -1.09. The van der Waals surface area contributed by atoms with E-state index < -0.39 is 0 Å². The third kappa shape index (κ3) is 4.30. The van der Waals surface area contributed by atoms with Crippen molar-refractivity contribution in [1.82, 2.24) is 10.3 Å². The summed E-state index contributed by atoms with van der Waals surface area (Å²) in [5, 5.41) is 7.02. The van der Waals surface area contributed by atoms with Gasteiger partial charge in [-0.1, -0.05) is 26.7 Å². The normalized spacial score (nSPS) is 15.1. The Morgan fingerprint density at radius 3 is 2.78 bits per heavy atom. The number of hydrogen-bond acceptors (Lipinski definition) is 3. The first kappa shape index (κ1) is 13.3. The van der Waals surface area contributed by atoms with Crippen LogP contribution < -0.4 is 10.6 Å². The second-order valence-electron chi connectivity index (χ2n) is 5.25. The molecule has 1 aromatic heterocycles. The third-order valence-electron chi connectivity index (χ3n) is 3.72. The molecule has 1 aliphatic carbocycles. The van der Waals surface area contributed by atoms with E-state index in [1.165, 1.54) is 31.4 Å². The van der Waals surface area contributed by atoms with Gasteiger partial charge in [-0.3, -0.25) is 4.98 Å². The monoisotopic (exact) mass is 247 g/mol. The van der Waals surface area contributed by atoms with E-state index in [4.69, 9.17) is 0 Å². The molecule has 3 heteroatoms. The van der Waals surface area contributed by atoms with Gasteiger partial charge in [0.15, 0.2) is 0 Å². The van der Waals surface area contributed by atoms with Gasteiger partial charge in [0, 0.05) is 31.0 Å². The lowest BCUT2D eigenvalue weighted by Gasteiger charge is -2.14. The van der Waals surface area contributed by atoms with Crippen molar-refractivity contribution in [2.75, 3.05) is 11.9 Å². The molecule has 100 valence electrons. The van der Waals surface area contributed by atoms with E-state index in [1.54, 1.807) is 0 Å². The smallest absolute Gasteiger partial charge is 0.0562 e. The number of nitrogens with zero attached hydrogens (tertiary/aromatic N) is 1. The highest BCUT2D eigenvalue weighted by Crippen LogP contribution is 2.19. The summed E-state index contributed by atoms with van der Waals surface area (Å²) in [6.45, 7) is 6.47. The molecule has 0 atom stereocenters. The molecular weight excluding hydrogens is 222 g/mol. The second kappa shape index (κ2) is 6.74. The van der Waals surface area contributed by atoms with Gasteiger partial charge in [0.1, 0.15) is 0 Å². The topological polar surface area (TPSA) is 37.0 Å². The summed E-state index contributed by atoms with van der Waals surface area (Å²) in [5.74, 6) is 0.770. The maximum absolute atomic E-state index is 4.40. The molecule has 0 saturated heterocycles.